The monoisotopic (exact) mass is 238 g/mol. The van der Waals surface area contributed by atoms with Gasteiger partial charge >= 0.3 is 0 Å². The van der Waals surface area contributed by atoms with Crippen LogP contribution in [-0.4, -0.2) is 12.5 Å². The van der Waals surface area contributed by atoms with Gasteiger partial charge in [-0.05, 0) is 36.6 Å². The van der Waals surface area contributed by atoms with Gasteiger partial charge in [-0.2, -0.15) is 0 Å². The van der Waals surface area contributed by atoms with Gasteiger partial charge in [-0.3, -0.25) is 4.79 Å². The number of rotatable bonds is 6. The van der Waals surface area contributed by atoms with Crippen LogP contribution in [0.3, 0.4) is 0 Å². The highest BCUT2D eigenvalue weighted by atomic mass is 19.1. The molecule has 1 unspecified atom stereocenters. The van der Waals surface area contributed by atoms with Crippen molar-refractivity contribution in [3.05, 3.63) is 35.6 Å². The lowest BCUT2D eigenvalue weighted by Gasteiger charge is -2.08. The van der Waals surface area contributed by atoms with Crippen molar-refractivity contribution in [3.8, 4) is 0 Å². The number of halogens is 1. The van der Waals surface area contributed by atoms with Crippen LogP contribution in [0.15, 0.2) is 24.3 Å². The molecule has 3 nitrogen and oxygen atoms in total. The predicted octanol–water partition coefficient (Wildman–Crippen LogP) is 1.82. The molecule has 0 saturated carbocycles. The summed E-state index contributed by atoms with van der Waals surface area (Å²) < 4.78 is 12.9. The number of benzene rings is 1. The number of carbonyl (C=O) groups is 1. The smallest absolute Gasteiger partial charge is 0.220 e. The molecule has 0 bridgehead atoms. The van der Waals surface area contributed by atoms with E-state index >= 15 is 0 Å². The van der Waals surface area contributed by atoms with Crippen LogP contribution in [0.2, 0.25) is 0 Å². The molecule has 1 aromatic rings. The molecule has 0 heterocycles. The van der Waals surface area contributed by atoms with Crippen molar-refractivity contribution in [3.63, 3.8) is 0 Å². The Labute approximate surface area is 101 Å². The molecule has 17 heavy (non-hydrogen) atoms. The number of nitrogens with one attached hydrogen (secondary N) is 1. The highest BCUT2D eigenvalue weighted by Crippen LogP contribution is 2.05. The molecule has 0 spiro atoms. The molecule has 1 rings (SSSR count). The Kier molecular flexibility index (Phi) is 5.63. The minimum absolute atomic E-state index is 0.0189. The Morgan fingerprint density at radius 2 is 2.29 bits per heavy atom. The molecule has 3 N–H and O–H groups in total. The zero-order valence-electron chi connectivity index (χ0n) is 10.1. The number of nitrogens with two attached hydrogens (primary N) is 1. The summed E-state index contributed by atoms with van der Waals surface area (Å²) in [5, 5.41) is 2.76. The summed E-state index contributed by atoms with van der Waals surface area (Å²) in [6, 6.07) is 6.22. The minimum Gasteiger partial charge on any atom is -0.352 e. The Morgan fingerprint density at radius 1 is 1.53 bits per heavy atom. The fourth-order valence-corrected chi connectivity index (χ4v) is 1.43. The summed E-state index contributed by atoms with van der Waals surface area (Å²) in [6.45, 7) is 2.98. The number of carbonyl (C=O) groups excluding carboxylic acids is 1. The average molecular weight is 238 g/mol. The lowest BCUT2D eigenvalue weighted by molar-refractivity contribution is -0.121. The lowest BCUT2D eigenvalue weighted by atomic mass is 10.1. The Balaban J connectivity index is 2.28. The van der Waals surface area contributed by atoms with Gasteiger partial charge in [-0.25, -0.2) is 4.39 Å². The fourth-order valence-electron chi connectivity index (χ4n) is 1.43. The quantitative estimate of drug-likeness (QED) is 0.794. The van der Waals surface area contributed by atoms with E-state index in [9.17, 15) is 9.18 Å². The van der Waals surface area contributed by atoms with Crippen LogP contribution in [-0.2, 0) is 11.3 Å². The molecular formula is C13H19FN2O. The summed E-state index contributed by atoms with van der Waals surface area (Å²) in [7, 11) is 0. The largest absolute Gasteiger partial charge is 0.352 e. The van der Waals surface area contributed by atoms with Crippen molar-refractivity contribution in [2.45, 2.75) is 26.3 Å². The van der Waals surface area contributed by atoms with Gasteiger partial charge in [-0.15, -0.1) is 0 Å². The van der Waals surface area contributed by atoms with Crippen molar-refractivity contribution in [1.82, 2.24) is 5.32 Å². The highest BCUT2D eigenvalue weighted by Gasteiger charge is 2.05. The summed E-state index contributed by atoms with van der Waals surface area (Å²) in [6.07, 6.45) is 1.25. The van der Waals surface area contributed by atoms with Crippen LogP contribution in [0.25, 0.3) is 0 Å². The van der Waals surface area contributed by atoms with Crippen molar-refractivity contribution >= 4 is 5.91 Å². The molecule has 0 saturated heterocycles. The number of amides is 1. The van der Waals surface area contributed by atoms with Gasteiger partial charge in [0.25, 0.3) is 0 Å². The van der Waals surface area contributed by atoms with Crippen LogP contribution in [0.4, 0.5) is 4.39 Å². The average Bonchev–Trinajstić information content (AvgIpc) is 2.33. The molecule has 0 radical (unpaired) electrons. The molecule has 0 aromatic heterocycles. The van der Waals surface area contributed by atoms with Crippen LogP contribution in [0.5, 0.6) is 0 Å². The zero-order valence-corrected chi connectivity index (χ0v) is 10.1. The second-order valence-electron chi connectivity index (χ2n) is 4.29. The molecular weight excluding hydrogens is 219 g/mol. The van der Waals surface area contributed by atoms with E-state index in [0.29, 0.717) is 25.4 Å². The maximum atomic E-state index is 12.9. The van der Waals surface area contributed by atoms with Crippen molar-refractivity contribution < 1.29 is 9.18 Å². The fraction of sp³-hybridized carbons (Fsp3) is 0.462. The first-order chi connectivity index (χ1) is 8.11. The highest BCUT2D eigenvalue weighted by molar-refractivity contribution is 5.75. The standard InChI is InChI=1S/C13H19FN2O/c1-10(8-15)5-6-13(17)16-9-11-3-2-4-12(14)7-11/h2-4,7,10H,5-6,8-9,15H2,1H3,(H,16,17). The molecule has 1 aromatic carbocycles. The van der Waals surface area contributed by atoms with Crippen LogP contribution in [0.1, 0.15) is 25.3 Å². The molecule has 1 atom stereocenters. The summed E-state index contributed by atoms with van der Waals surface area (Å²) in [5.41, 5.74) is 6.24. The van der Waals surface area contributed by atoms with E-state index < -0.39 is 0 Å². The van der Waals surface area contributed by atoms with Gasteiger partial charge in [0.2, 0.25) is 5.91 Å². The second-order valence-corrected chi connectivity index (χ2v) is 4.29. The molecule has 1 amide bonds. The lowest BCUT2D eigenvalue weighted by Crippen LogP contribution is -2.24. The maximum Gasteiger partial charge on any atom is 0.220 e. The van der Waals surface area contributed by atoms with Crippen molar-refractivity contribution in [1.29, 1.82) is 0 Å². The second kappa shape index (κ2) is 7.01. The van der Waals surface area contributed by atoms with E-state index in [1.165, 1.54) is 12.1 Å². The molecule has 0 aliphatic carbocycles. The van der Waals surface area contributed by atoms with Crippen LogP contribution >= 0.6 is 0 Å². The van der Waals surface area contributed by atoms with E-state index in [1.807, 2.05) is 6.92 Å². The molecule has 0 fully saturated rings. The first-order valence-corrected chi connectivity index (χ1v) is 5.83. The topological polar surface area (TPSA) is 55.1 Å². The first-order valence-electron chi connectivity index (χ1n) is 5.83. The summed E-state index contributed by atoms with van der Waals surface area (Å²) >= 11 is 0. The molecule has 0 aliphatic heterocycles. The van der Waals surface area contributed by atoms with Gasteiger partial charge in [0.1, 0.15) is 5.82 Å². The van der Waals surface area contributed by atoms with Crippen LogP contribution in [0, 0.1) is 11.7 Å². The molecule has 94 valence electrons. The van der Waals surface area contributed by atoms with E-state index in [2.05, 4.69) is 5.32 Å². The minimum atomic E-state index is -0.284. The van der Waals surface area contributed by atoms with E-state index in [-0.39, 0.29) is 11.7 Å². The summed E-state index contributed by atoms with van der Waals surface area (Å²) in [4.78, 5) is 11.5. The SMILES string of the molecule is CC(CN)CCC(=O)NCc1cccc(F)c1. The van der Waals surface area contributed by atoms with E-state index in [0.717, 1.165) is 12.0 Å². The third kappa shape index (κ3) is 5.45. The third-order valence-electron chi connectivity index (χ3n) is 2.65. The first kappa shape index (κ1) is 13.6. The predicted molar refractivity (Wildman–Crippen MR) is 65.7 cm³/mol. The normalized spacial score (nSPS) is 12.2. The third-order valence-corrected chi connectivity index (χ3v) is 2.65. The Hall–Kier alpha value is -1.42. The summed E-state index contributed by atoms with van der Waals surface area (Å²) in [5.74, 6) is 0.0537. The van der Waals surface area contributed by atoms with Crippen molar-refractivity contribution in [2.75, 3.05) is 6.54 Å². The van der Waals surface area contributed by atoms with Crippen molar-refractivity contribution in [2.24, 2.45) is 11.7 Å². The number of hydrogen-bond donors (Lipinski definition) is 2. The van der Waals surface area contributed by atoms with Gasteiger partial charge < -0.3 is 11.1 Å². The molecule has 4 heteroatoms. The van der Waals surface area contributed by atoms with E-state index in [1.54, 1.807) is 12.1 Å². The maximum absolute atomic E-state index is 12.9. The van der Waals surface area contributed by atoms with E-state index in [4.69, 9.17) is 5.73 Å². The van der Waals surface area contributed by atoms with Gasteiger partial charge in [0.15, 0.2) is 0 Å². The zero-order chi connectivity index (χ0) is 12.7. The Bertz CT molecular complexity index is 368. The van der Waals surface area contributed by atoms with Gasteiger partial charge in [-0.1, -0.05) is 19.1 Å². The van der Waals surface area contributed by atoms with Gasteiger partial charge in [0.05, 0.1) is 0 Å². The van der Waals surface area contributed by atoms with Crippen LogP contribution < -0.4 is 11.1 Å². The number of hydrogen-bond acceptors (Lipinski definition) is 2. The van der Waals surface area contributed by atoms with Gasteiger partial charge in [0, 0.05) is 13.0 Å². The Morgan fingerprint density at radius 3 is 2.94 bits per heavy atom. The molecule has 0 aliphatic rings.